The Balaban J connectivity index is 1.27. The molecular weight excluding hydrogens is 478 g/mol. The summed E-state index contributed by atoms with van der Waals surface area (Å²) in [6.45, 7) is 3.73. The zero-order valence-corrected chi connectivity index (χ0v) is 20.6. The first kappa shape index (κ1) is 22.9. The van der Waals surface area contributed by atoms with E-state index in [4.69, 9.17) is 4.98 Å². The molecule has 36 heavy (non-hydrogen) atoms. The van der Waals surface area contributed by atoms with Gasteiger partial charge in [-0.1, -0.05) is 0 Å². The minimum atomic E-state index is -0.384. The lowest BCUT2D eigenvalue weighted by Crippen LogP contribution is -2.33. The standard InChI is InChI=1S/C25H27N7O3S/c33-22-11-15(24(34)30-22)9-16-13-27-32-21(28-18-3-4-18)12-19(29-23(16)32)17-10-20(36-14-17)25(35)26-5-8-31-6-1-2-7-31/h9-10,12-14,18,28H,1-8,11H2,(H,26,35)(H,30,33,34)/b15-9+. The largest absolute Gasteiger partial charge is 0.367 e. The number of carbonyl (C=O) groups is 3. The van der Waals surface area contributed by atoms with Crippen molar-refractivity contribution >= 4 is 46.6 Å². The second-order valence-electron chi connectivity index (χ2n) is 9.51. The molecule has 3 aromatic rings. The highest BCUT2D eigenvalue weighted by Crippen LogP contribution is 2.31. The smallest absolute Gasteiger partial charge is 0.261 e. The van der Waals surface area contributed by atoms with E-state index in [1.54, 1.807) is 16.8 Å². The Hall–Kier alpha value is -3.57. The Bertz CT molecular complexity index is 1380. The number of thiophene rings is 1. The van der Waals surface area contributed by atoms with E-state index in [1.807, 2.05) is 17.5 Å². The van der Waals surface area contributed by atoms with Crippen molar-refractivity contribution in [1.29, 1.82) is 0 Å². The van der Waals surface area contributed by atoms with Gasteiger partial charge in [-0.15, -0.1) is 11.3 Å². The normalized spacial score (nSPS) is 19.4. The molecule has 3 aliphatic rings. The van der Waals surface area contributed by atoms with Crippen molar-refractivity contribution in [2.24, 2.45) is 0 Å². The summed E-state index contributed by atoms with van der Waals surface area (Å²) in [5.41, 5.74) is 3.19. The molecule has 1 aliphatic carbocycles. The number of nitrogens with one attached hydrogen (secondary N) is 3. The van der Waals surface area contributed by atoms with Crippen LogP contribution in [0.4, 0.5) is 5.82 Å². The van der Waals surface area contributed by atoms with Gasteiger partial charge in [-0.2, -0.15) is 9.61 Å². The van der Waals surface area contributed by atoms with Crippen molar-refractivity contribution < 1.29 is 14.4 Å². The number of imide groups is 1. The van der Waals surface area contributed by atoms with Crippen LogP contribution in [-0.4, -0.2) is 69.4 Å². The topological polar surface area (TPSA) is 121 Å². The van der Waals surface area contributed by atoms with Gasteiger partial charge in [0.15, 0.2) is 5.65 Å². The first-order valence-electron chi connectivity index (χ1n) is 12.3. The molecule has 5 heterocycles. The third-order valence-electron chi connectivity index (χ3n) is 6.69. The second-order valence-corrected chi connectivity index (χ2v) is 10.4. The van der Waals surface area contributed by atoms with Crippen LogP contribution in [0.1, 0.15) is 47.3 Å². The van der Waals surface area contributed by atoms with E-state index in [1.165, 1.54) is 24.2 Å². The number of aromatic nitrogens is 3. The van der Waals surface area contributed by atoms with Crippen LogP contribution in [0.5, 0.6) is 0 Å². The van der Waals surface area contributed by atoms with E-state index >= 15 is 0 Å². The molecule has 186 valence electrons. The number of hydrogen-bond acceptors (Lipinski definition) is 8. The molecule has 6 rings (SSSR count). The van der Waals surface area contributed by atoms with Crippen LogP contribution in [0.25, 0.3) is 23.0 Å². The molecule has 0 aromatic carbocycles. The minimum absolute atomic E-state index is 0.0454. The molecule has 3 fully saturated rings. The maximum absolute atomic E-state index is 12.7. The maximum atomic E-state index is 12.7. The molecule has 2 aliphatic heterocycles. The van der Waals surface area contributed by atoms with E-state index in [9.17, 15) is 14.4 Å². The second kappa shape index (κ2) is 9.47. The van der Waals surface area contributed by atoms with Crippen LogP contribution >= 0.6 is 11.3 Å². The van der Waals surface area contributed by atoms with Crippen LogP contribution in [0.3, 0.4) is 0 Å². The van der Waals surface area contributed by atoms with Gasteiger partial charge < -0.3 is 15.5 Å². The Labute approximate surface area is 211 Å². The summed E-state index contributed by atoms with van der Waals surface area (Å²) in [5, 5.41) is 15.3. The number of nitrogens with zero attached hydrogens (tertiary/aromatic N) is 4. The number of anilines is 1. The summed E-state index contributed by atoms with van der Waals surface area (Å²) in [6.07, 6.45) is 8.04. The van der Waals surface area contributed by atoms with Crippen molar-refractivity contribution in [3.8, 4) is 11.3 Å². The molecule has 3 amide bonds. The third kappa shape index (κ3) is 4.76. The van der Waals surface area contributed by atoms with Crippen LogP contribution < -0.4 is 16.0 Å². The predicted octanol–water partition coefficient (Wildman–Crippen LogP) is 2.29. The monoisotopic (exact) mass is 505 g/mol. The third-order valence-corrected chi connectivity index (χ3v) is 7.61. The van der Waals surface area contributed by atoms with Gasteiger partial charge >= 0.3 is 0 Å². The molecular formula is C25H27N7O3S. The molecule has 0 atom stereocenters. The average Bonchev–Trinajstić information content (AvgIpc) is 3.27. The molecule has 0 unspecified atom stereocenters. The van der Waals surface area contributed by atoms with Gasteiger partial charge in [0.05, 0.1) is 23.2 Å². The van der Waals surface area contributed by atoms with Crippen molar-refractivity contribution in [1.82, 2.24) is 30.1 Å². The van der Waals surface area contributed by atoms with Gasteiger partial charge in [-0.25, -0.2) is 4.98 Å². The summed E-state index contributed by atoms with van der Waals surface area (Å²) < 4.78 is 1.72. The lowest BCUT2D eigenvalue weighted by Gasteiger charge is -2.14. The van der Waals surface area contributed by atoms with E-state index in [-0.39, 0.29) is 24.1 Å². The fourth-order valence-corrected chi connectivity index (χ4v) is 5.41. The Morgan fingerprint density at radius 3 is 2.81 bits per heavy atom. The van der Waals surface area contributed by atoms with E-state index in [0.29, 0.717) is 39.9 Å². The van der Waals surface area contributed by atoms with E-state index in [0.717, 1.165) is 43.9 Å². The average molecular weight is 506 g/mol. The van der Waals surface area contributed by atoms with Crippen molar-refractivity contribution in [2.45, 2.75) is 38.1 Å². The Morgan fingerprint density at radius 1 is 1.22 bits per heavy atom. The number of fused-ring (bicyclic) bond motifs is 1. The Morgan fingerprint density at radius 2 is 2.06 bits per heavy atom. The van der Waals surface area contributed by atoms with Gasteiger partial charge in [0.25, 0.3) is 11.8 Å². The van der Waals surface area contributed by atoms with Crippen LogP contribution in [0, 0.1) is 0 Å². The van der Waals surface area contributed by atoms with Gasteiger partial charge in [-0.05, 0) is 50.9 Å². The quantitative estimate of drug-likeness (QED) is 0.317. The minimum Gasteiger partial charge on any atom is -0.367 e. The lowest BCUT2D eigenvalue weighted by molar-refractivity contribution is -0.124. The maximum Gasteiger partial charge on any atom is 0.261 e. The number of rotatable bonds is 8. The number of likely N-dealkylation sites (tertiary alicyclic amines) is 1. The number of carbonyl (C=O) groups excluding carboxylic acids is 3. The van der Waals surface area contributed by atoms with Gasteiger partial charge in [-0.3, -0.25) is 19.7 Å². The fraction of sp³-hybridized carbons (Fsp3) is 0.400. The summed E-state index contributed by atoms with van der Waals surface area (Å²) in [4.78, 5) is 44.3. The SMILES string of the molecule is O=C1C/C(=C\c2cnn3c(NC4CC4)cc(-c4csc(C(=O)NCCN5CCCC5)c4)nc23)C(=O)N1. The molecule has 0 bridgehead atoms. The molecule has 2 saturated heterocycles. The molecule has 0 spiro atoms. The first-order chi connectivity index (χ1) is 17.5. The van der Waals surface area contributed by atoms with E-state index in [2.05, 4.69) is 25.9 Å². The zero-order chi connectivity index (χ0) is 24.6. The summed E-state index contributed by atoms with van der Waals surface area (Å²) in [7, 11) is 0. The molecule has 1 saturated carbocycles. The molecule has 10 nitrogen and oxygen atoms in total. The predicted molar refractivity (Wildman–Crippen MR) is 137 cm³/mol. The molecule has 3 N–H and O–H groups in total. The van der Waals surface area contributed by atoms with Crippen molar-refractivity contribution in [2.75, 3.05) is 31.5 Å². The Kier molecular flexibility index (Phi) is 6.02. The summed E-state index contributed by atoms with van der Waals surface area (Å²) >= 11 is 1.39. The van der Waals surface area contributed by atoms with Crippen LogP contribution in [0.15, 0.2) is 29.3 Å². The first-order valence-corrected chi connectivity index (χ1v) is 13.2. The zero-order valence-electron chi connectivity index (χ0n) is 19.7. The summed E-state index contributed by atoms with van der Waals surface area (Å²) in [5.74, 6) is 0.0356. The highest BCUT2D eigenvalue weighted by Gasteiger charge is 2.26. The molecule has 11 heteroatoms. The highest BCUT2D eigenvalue weighted by atomic mass is 32.1. The van der Waals surface area contributed by atoms with E-state index < -0.39 is 0 Å². The lowest BCUT2D eigenvalue weighted by atomic mass is 10.1. The number of hydrogen-bond donors (Lipinski definition) is 3. The van der Waals surface area contributed by atoms with Gasteiger partial charge in [0, 0.05) is 47.3 Å². The summed E-state index contributed by atoms with van der Waals surface area (Å²) in [6, 6.07) is 4.21. The van der Waals surface area contributed by atoms with Gasteiger partial charge in [0.1, 0.15) is 5.82 Å². The fourth-order valence-electron chi connectivity index (χ4n) is 4.59. The molecule has 3 aromatic heterocycles. The molecule has 0 radical (unpaired) electrons. The van der Waals surface area contributed by atoms with Crippen LogP contribution in [0.2, 0.25) is 0 Å². The van der Waals surface area contributed by atoms with Gasteiger partial charge in [0.2, 0.25) is 5.91 Å². The number of amides is 3. The van der Waals surface area contributed by atoms with Crippen molar-refractivity contribution in [3.05, 3.63) is 39.7 Å². The highest BCUT2D eigenvalue weighted by molar-refractivity contribution is 7.12. The van der Waals surface area contributed by atoms with Crippen LogP contribution in [-0.2, 0) is 9.59 Å². The van der Waals surface area contributed by atoms with Crippen molar-refractivity contribution in [3.63, 3.8) is 0 Å².